The lowest BCUT2D eigenvalue weighted by molar-refractivity contribution is -0.118. The Kier molecular flexibility index (Phi) is 3.65. The highest BCUT2D eigenvalue weighted by Crippen LogP contribution is 2.34. The molecule has 3 aromatic rings. The zero-order valence-electron chi connectivity index (χ0n) is 13.5. The molecule has 0 N–H and O–H groups in total. The normalized spacial score (nSPS) is 17.5. The molecule has 0 saturated carbocycles. The summed E-state index contributed by atoms with van der Waals surface area (Å²) in [5.74, 6) is 0.865. The van der Waals surface area contributed by atoms with Crippen molar-refractivity contribution in [3.8, 4) is 11.3 Å². The summed E-state index contributed by atoms with van der Waals surface area (Å²) >= 11 is 0. The Morgan fingerprint density at radius 2 is 1.92 bits per heavy atom. The summed E-state index contributed by atoms with van der Waals surface area (Å²) in [6.45, 7) is 2.82. The third kappa shape index (κ3) is 2.50. The van der Waals surface area contributed by atoms with Gasteiger partial charge in [0.2, 0.25) is 5.91 Å². The van der Waals surface area contributed by atoms with Crippen molar-refractivity contribution in [3.05, 3.63) is 72.2 Å². The van der Waals surface area contributed by atoms with Crippen LogP contribution in [-0.2, 0) is 4.79 Å². The van der Waals surface area contributed by atoms with Gasteiger partial charge in [0, 0.05) is 17.8 Å². The molecule has 1 saturated heterocycles. The van der Waals surface area contributed by atoms with Crippen LogP contribution >= 0.6 is 0 Å². The molecule has 4 rings (SSSR count). The number of rotatable bonds is 3. The van der Waals surface area contributed by atoms with Crippen molar-refractivity contribution >= 4 is 11.6 Å². The molecule has 4 nitrogen and oxygen atoms in total. The number of nitrogens with zero attached hydrogens (tertiary/aromatic N) is 2. The Balaban J connectivity index is 1.58. The maximum Gasteiger partial charge on any atom is 0.234 e. The van der Waals surface area contributed by atoms with Crippen molar-refractivity contribution in [2.45, 2.75) is 19.3 Å². The van der Waals surface area contributed by atoms with Crippen molar-refractivity contribution in [1.29, 1.82) is 0 Å². The van der Waals surface area contributed by atoms with Gasteiger partial charge in [0.1, 0.15) is 0 Å². The van der Waals surface area contributed by atoms with Gasteiger partial charge in [-0.3, -0.25) is 4.79 Å². The molecule has 2 aromatic carbocycles. The number of aryl methyl sites for hydroxylation is 1. The summed E-state index contributed by atoms with van der Waals surface area (Å²) in [5.41, 5.74) is 4.21. The van der Waals surface area contributed by atoms with Crippen molar-refractivity contribution in [2.75, 3.05) is 11.4 Å². The summed E-state index contributed by atoms with van der Waals surface area (Å²) in [6.07, 6.45) is 3.96. The molecule has 1 aliphatic rings. The summed E-state index contributed by atoms with van der Waals surface area (Å²) in [7, 11) is 0. The minimum atomic E-state index is -0.0415. The van der Waals surface area contributed by atoms with Crippen molar-refractivity contribution in [2.24, 2.45) is 0 Å². The van der Waals surface area contributed by atoms with Gasteiger partial charge in [0.15, 0.2) is 12.2 Å². The average Bonchev–Trinajstić information content (AvgIpc) is 3.26. The second kappa shape index (κ2) is 5.96. The number of aromatic nitrogens is 1. The minimum Gasteiger partial charge on any atom is -0.444 e. The molecule has 1 unspecified atom stereocenters. The van der Waals surface area contributed by atoms with Gasteiger partial charge in [-0.2, -0.15) is 0 Å². The van der Waals surface area contributed by atoms with Crippen LogP contribution in [0.15, 0.2) is 65.5 Å². The molecule has 120 valence electrons. The van der Waals surface area contributed by atoms with Gasteiger partial charge < -0.3 is 9.32 Å². The third-order valence-electron chi connectivity index (χ3n) is 4.67. The smallest absolute Gasteiger partial charge is 0.234 e. The van der Waals surface area contributed by atoms with Crippen molar-refractivity contribution in [3.63, 3.8) is 0 Å². The summed E-state index contributed by atoms with van der Waals surface area (Å²) in [5, 5.41) is 0. The zero-order valence-corrected chi connectivity index (χ0v) is 13.5. The molecule has 1 atom stereocenters. The van der Waals surface area contributed by atoms with Gasteiger partial charge >= 0.3 is 0 Å². The predicted octanol–water partition coefficient (Wildman–Crippen LogP) is 4.17. The van der Waals surface area contributed by atoms with Crippen LogP contribution in [0, 0.1) is 6.92 Å². The van der Waals surface area contributed by atoms with Crippen LogP contribution in [0.5, 0.6) is 0 Å². The Labute approximate surface area is 140 Å². The number of oxazole rings is 1. The lowest BCUT2D eigenvalue weighted by Crippen LogP contribution is -2.26. The van der Waals surface area contributed by atoms with E-state index in [1.54, 1.807) is 6.20 Å². The average molecular weight is 318 g/mol. The molecule has 1 aliphatic heterocycles. The highest BCUT2D eigenvalue weighted by Gasteiger charge is 2.34. The van der Waals surface area contributed by atoms with E-state index in [0.717, 1.165) is 35.5 Å². The van der Waals surface area contributed by atoms with E-state index >= 15 is 0 Å². The molecular formula is C20H18N2O2. The minimum absolute atomic E-state index is 0.0415. The van der Waals surface area contributed by atoms with Crippen molar-refractivity contribution < 1.29 is 9.21 Å². The third-order valence-corrected chi connectivity index (χ3v) is 4.67. The van der Waals surface area contributed by atoms with Gasteiger partial charge in [-0.1, -0.05) is 24.3 Å². The number of hydrogen-bond donors (Lipinski definition) is 0. The number of carbonyl (C=O) groups is 1. The summed E-state index contributed by atoms with van der Waals surface area (Å²) < 4.78 is 5.30. The van der Waals surface area contributed by atoms with Crippen LogP contribution in [0.25, 0.3) is 11.3 Å². The first-order valence-electron chi connectivity index (χ1n) is 8.10. The molecule has 24 heavy (non-hydrogen) atoms. The lowest BCUT2D eigenvalue weighted by atomic mass is 9.94. The van der Waals surface area contributed by atoms with Gasteiger partial charge in [-0.05, 0) is 48.7 Å². The van der Waals surface area contributed by atoms with Gasteiger partial charge in [-0.25, -0.2) is 4.98 Å². The maximum atomic E-state index is 12.9. The lowest BCUT2D eigenvalue weighted by Gasteiger charge is -2.18. The summed E-state index contributed by atoms with van der Waals surface area (Å²) in [6, 6.07) is 16.0. The first-order chi connectivity index (χ1) is 11.7. The molecule has 1 aromatic heterocycles. The zero-order chi connectivity index (χ0) is 16.5. The Morgan fingerprint density at radius 3 is 2.62 bits per heavy atom. The molecule has 0 radical (unpaired) electrons. The second-order valence-electron chi connectivity index (χ2n) is 6.10. The van der Waals surface area contributed by atoms with E-state index in [2.05, 4.69) is 24.0 Å². The van der Waals surface area contributed by atoms with Gasteiger partial charge in [-0.15, -0.1) is 0 Å². The highest BCUT2D eigenvalue weighted by atomic mass is 16.3. The van der Waals surface area contributed by atoms with E-state index < -0.39 is 0 Å². The topological polar surface area (TPSA) is 46.3 Å². The van der Waals surface area contributed by atoms with E-state index in [4.69, 9.17) is 4.42 Å². The number of hydrogen-bond acceptors (Lipinski definition) is 3. The van der Waals surface area contributed by atoms with E-state index in [9.17, 15) is 4.79 Å². The van der Waals surface area contributed by atoms with E-state index in [1.807, 2.05) is 41.3 Å². The van der Waals surface area contributed by atoms with Crippen LogP contribution in [0.2, 0.25) is 0 Å². The van der Waals surface area contributed by atoms with Crippen LogP contribution in [0.4, 0.5) is 5.69 Å². The molecule has 1 amide bonds. The van der Waals surface area contributed by atoms with Crippen LogP contribution in [0.1, 0.15) is 23.5 Å². The number of amides is 1. The summed E-state index contributed by atoms with van der Waals surface area (Å²) in [4.78, 5) is 18.7. The first kappa shape index (κ1) is 14.7. The molecule has 0 spiro atoms. The quantitative estimate of drug-likeness (QED) is 0.728. The molecule has 0 bridgehead atoms. The molecular weight excluding hydrogens is 300 g/mol. The van der Waals surface area contributed by atoms with E-state index in [1.165, 1.54) is 12.0 Å². The second-order valence-corrected chi connectivity index (χ2v) is 6.10. The van der Waals surface area contributed by atoms with E-state index in [0.29, 0.717) is 0 Å². The maximum absolute atomic E-state index is 12.9. The first-order valence-corrected chi connectivity index (χ1v) is 8.10. The standard InChI is InChI=1S/C20H18N2O2/c1-14-4-2-3-5-17(14)18-10-11-22(20(18)23)16-8-6-15(7-9-16)19-12-21-13-24-19/h2-9,12-13,18H,10-11H2,1H3. The largest absolute Gasteiger partial charge is 0.444 e. The number of carbonyl (C=O) groups excluding carboxylic acids is 1. The molecule has 4 heteroatoms. The van der Waals surface area contributed by atoms with Crippen molar-refractivity contribution in [1.82, 2.24) is 4.98 Å². The van der Waals surface area contributed by atoms with Crippen LogP contribution in [0.3, 0.4) is 0 Å². The van der Waals surface area contributed by atoms with Gasteiger partial charge in [0.25, 0.3) is 0 Å². The fraction of sp³-hybridized carbons (Fsp3) is 0.200. The molecule has 0 aliphatic carbocycles. The fourth-order valence-corrected chi connectivity index (χ4v) is 3.37. The number of benzene rings is 2. The van der Waals surface area contributed by atoms with Crippen LogP contribution < -0.4 is 4.90 Å². The number of anilines is 1. The van der Waals surface area contributed by atoms with E-state index in [-0.39, 0.29) is 11.8 Å². The molecule has 2 heterocycles. The predicted molar refractivity (Wildman–Crippen MR) is 92.8 cm³/mol. The fourth-order valence-electron chi connectivity index (χ4n) is 3.37. The Bertz CT molecular complexity index is 854. The van der Waals surface area contributed by atoms with Gasteiger partial charge in [0.05, 0.1) is 12.1 Å². The monoisotopic (exact) mass is 318 g/mol. The van der Waals surface area contributed by atoms with Crippen LogP contribution in [-0.4, -0.2) is 17.4 Å². The highest BCUT2D eigenvalue weighted by molar-refractivity contribution is 6.00. The SMILES string of the molecule is Cc1ccccc1C1CCN(c2ccc(-c3cnco3)cc2)C1=O. The molecule has 1 fully saturated rings. The Hall–Kier alpha value is -2.88. The Morgan fingerprint density at radius 1 is 1.12 bits per heavy atom.